The van der Waals surface area contributed by atoms with Crippen LogP contribution in [0, 0.1) is 6.92 Å². The third-order valence-electron chi connectivity index (χ3n) is 5.72. The summed E-state index contributed by atoms with van der Waals surface area (Å²) in [7, 11) is 1.54. The first-order valence-corrected chi connectivity index (χ1v) is 12.2. The van der Waals surface area contributed by atoms with Gasteiger partial charge in [-0.1, -0.05) is 43.2 Å². The molecule has 2 aromatic carbocycles. The van der Waals surface area contributed by atoms with Crippen LogP contribution in [0.3, 0.4) is 0 Å². The first-order valence-electron chi connectivity index (χ1n) is 11.4. The van der Waals surface area contributed by atoms with E-state index in [1.54, 1.807) is 50.4 Å². The monoisotopic (exact) mass is 493 g/mol. The number of benzene rings is 2. The number of ether oxygens (including phenoxy) is 2. The smallest absolute Gasteiger partial charge is 0.301 e. The highest BCUT2D eigenvalue weighted by Gasteiger charge is 2.48. The van der Waals surface area contributed by atoms with Gasteiger partial charge in [-0.2, -0.15) is 0 Å². The van der Waals surface area contributed by atoms with Crippen molar-refractivity contribution in [3.63, 3.8) is 0 Å². The fourth-order valence-corrected chi connectivity index (χ4v) is 4.66. The van der Waals surface area contributed by atoms with Gasteiger partial charge in [-0.25, -0.2) is 0 Å². The standard InChI is InChI=1S/C26H27N3O5S/c1-4-5-6-14-34-20-9-7-8-18(15-20)22-21(23(30)17-10-12-19(33-3)13-11-17)24(31)25(32)29(22)26-28-27-16(2)35-26/h7-13,15,22,30H,4-6,14H2,1-3H3. The van der Waals surface area contributed by atoms with E-state index in [-0.39, 0.29) is 16.5 Å². The van der Waals surface area contributed by atoms with Crippen molar-refractivity contribution >= 4 is 33.9 Å². The minimum Gasteiger partial charge on any atom is -0.507 e. The van der Waals surface area contributed by atoms with Crippen LogP contribution in [0.1, 0.15) is 48.4 Å². The van der Waals surface area contributed by atoms with Crippen molar-refractivity contribution in [3.8, 4) is 11.5 Å². The predicted octanol–water partition coefficient (Wildman–Crippen LogP) is 5.05. The fourth-order valence-electron chi connectivity index (χ4n) is 3.95. The second kappa shape index (κ2) is 10.7. The molecular weight excluding hydrogens is 466 g/mol. The highest BCUT2D eigenvalue weighted by molar-refractivity contribution is 7.15. The van der Waals surface area contributed by atoms with Crippen LogP contribution < -0.4 is 14.4 Å². The Morgan fingerprint density at radius 2 is 1.86 bits per heavy atom. The van der Waals surface area contributed by atoms with Crippen LogP contribution in [0.5, 0.6) is 11.5 Å². The number of aromatic nitrogens is 2. The number of amides is 1. The number of aryl methyl sites for hydroxylation is 1. The average molecular weight is 494 g/mol. The SMILES string of the molecule is CCCCCOc1cccc(C2C(=C(O)c3ccc(OC)cc3)C(=O)C(=O)N2c2nnc(C)s2)c1. The second-order valence-corrected chi connectivity index (χ2v) is 9.29. The molecule has 1 fully saturated rings. The molecule has 0 spiro atoms. The van der Waals surface area contributed by atoms with E-state index in [4.69, 9.17) is 9.47 Å². The van der Waals surface area contributed by atoms with Gasteiger partial charge in [0.25, 0.3) is 5.78 Å². The Balaban J connectivity index is 1.81. The summed E-state index contributed by atoms with van der Waals surface area (Å²) < 4.78 is 11.1. The molecule has 4 rings (SSSR count). The number of ketones is 1. The first kappa shape index (κ1) is 24.4. The predicted molar refractivity (Wildman–Crippen MR) is 134 cm³/mol. The second-order valence-electron chi connectivity index (χ2n) is 8.13. The molecule has 3 aromatic rings. The molecule has 0 bridgehead atoms. The van der Waals surface area contributed by atoms with Crippen LogP contribution in [0.4, 0.5) is 5.13 Å². The molecule has 35 heavy (non-hydrogen) atoms. The van der Waals surface area contributed by atoms with Gasteiger partial charge >= 0.3 is 5.91 Å². The molecule has 1 unspecified atom stereocenters. The minimum atomic E-state index is -0.886. The molecule has 182 valence electrons. The zero-order valence-corrected chi connectivity index (χ0v) is 20.7. The Kier molecular flexibility index (Phi) is 7.45. The maximum atomic E-state index is 13.2. The number of unbranched alkanes of at least 4 members (excludes halogenated alkanes) is 2. The van der Waals surface area contributed by atoms with Crippen LogP contribution in [0.2, 0.25) is 0 Å². The number of carbonyl (C=O) groups excluding carboxylic acids is 2. The molecule has 1 saturated heterocycles. The Morgan fingerprint density at radius 1 is 1.09 bits per heavy atom. The van der Waals surface area contributed by atoms with E-state index in [1.165, 1.54) is 16.2 Å². The van der Waals surface area contributed by atoms with Crippen molar-refractivity contribution in [2.75, 3.05) is 18.6 Å². The summed E-state index contributed by atoms with van der Waals surface area (Å²) in [6.07, 6.45) is 3.09. The van der Waals surface area contributed by atoms with E-state index in [1.807, 2.05) is 12.1 Å². The van der Waals surface area contributed by atoms with Crippen LogP contribution in [0.25, 0.3) is 5.76 Å². The third kappa shape index (κ3) is 5.05. The molecule has 0 saturated carbocycles. The lowest BCUT2D eigenvalue weighted by molar-refractivity contribution is -0.132. The number of carbonyl (C=O) groups is 2. The van der Waals surface area contributed by atoms with Crippen LogP contribution in [-0.2, 0) is 9.59 Å². The van der Waals surface area contributed by atoms with Crippen molar-refractivity contribution in [1.29, 1.82) is 0 Å². The van der Waals surface area contributed by atoms with E-state index in [2.05, 4.69) is 17.1 Å². The maximum absolute atomic E-state index is 13.2. The normalized spacial score (nSPS) is 17.1. The summed E-state index contributed by atoms with van der Waals surface area (Å²) in [4.78, 5) is 27.7. The molecule has 1 amide bonds. The van der Waals surface area contributed by atoms with E-state index < -0.39 is 17.7 Å². The number of hydrogen-bond acceptors (Lipinski definition) is 8. The van der Waals surface area contributed by atoms with Gasteiger partial charge in [-0.15, -0.1) is 10.2 Å². The summed E-state index contributed by atoms with van der Waals surface area (Å²) in [5.74, 6) is -0.590. The Bertz CT molecular complexity index is 1250. The van der Waals surface area contributed by atoms with Crippen molar-refractivity contribution in [3.05, 3.63) is 70.2 Å². The van der Waals surface area contributed by atoms with Gasteiger partial charge in [0, 0.05) is 5.56 Å². The molecular formula is C26H27N3O5S. The number of rotatable bonds is 9. The Labute approximate surface area is 207 Å². The van der Waals surface area contributed by atoms with Gasteiger partial charge in [0.2, 0.25) is 5.13 Å². The van der Waals surface area contributed by atoms with Gasteiger partial charge in [-0.05, 0) is 55.3 Å². The van der Waals surface area contributed by atoms with Gasteiger partial charge in [-0.3, -0.25) is 14.5 Å². The molecule has 1 aliphatic heterocycles. The van der Waals surface area contributed by atoms with E-state index in [9.17, 15) is 14.7 Å². The number of aliphatic hydroxyl groups is 1. The maximum Gasteiger partial charge on any atom is 0.301 e. The lowest BCUT2D eigenvalue weighted by atomic mass is 9.95. The van der Waals surface area contributed by atoms with E-state index in [0.717, 1.165) is 19.3 Å². The summed E-state index contributed by atoms with van der Waals surface area (Å²) in [6, 6.07) is 13.0. The molecule has 1 atom stereocenters. The quantitative estimate of drug-likeness (QED) is 0.193. The lowest BCUT2D eigenvalue weighted by Gasteiger charge is -2.23. The van der Waals surface area contributed by atoms with Crippen molar-refractivity contribution in [1.82, 2.24) is 10.2 Å². The first-order chi connectivity index (χ1) is 16.9. The number of aliphatic hydroxyl groups excluding tert-OH is 1. The molecule has 0 aliphatic carbocycles. The average Bonchev–Trinajstić information content (AvgIpc) is 3.42. The van der Waals surface area contributed by atoms with E-state index >= 15 is 0 Å². The Morgan fingerprint density at radius 3 is 2.51 bits per heavy atom. The number of hydrogen-bond donors (Lipinski definition) is 1. The molecule has 1 aromatic heterocycles. The fraction of sp³-hybridized carbons (Fsp3) is 0.308. The largest absolute Gasteiger partial charge is 0.507 e. The molecule has 1 N–H and O–H groups in total. The van der Waals surface area contributed by atoms with Gasteiger partial charge in [0.05, 0.1) is 25.3 Å². The highest BCUT2D eigenvalue weighted by atomic mass is 32.1. The Hall–Kier alpha value is -3.72. The van der Waals surface area contributed by atoms with Crippen LogP contribution >= 0.6 is 11.3 Å². The molecule has 1 aliphatic rings. The van der Waals surface area contributed by atoms with Crippen molar-refractivity contribution in [2.45, 2.75) is 39.2 Å². The van der Waals surface area contributed by atoms with Gasteiger partial charge in [0.15, 0.2) is 0 Å². The topological polar surface area (TPSA) is 102 Å². The summed E-state index contributed by atoms with van der Waals surface area (Å²) in [5.41, 5.74) is 1.01. The minimum absolute atomic E-state index is 0.0175. The summed E-state index contributed by atoms with van der Waals surface area (Å²) >= 11 is 1.21. The summed E-state index contributed by atoms with van der Waals surface area (Å²) in [5, 5.41) is 20.3. The van der Waals surface area contributed by atoms with Crippen LogP contribution in [-0.4, -0.2) is 40.7 Å². The highest BCUT2D eigenvalue weighted by Crippen LogP contribution is 2.43. The molecule has 9 heteroatoms. The molecule has 8 nitrogen and oxygen atoms in total. The number of nitrogens with zero attached hydrogens (tertiary/aromatic N) is 3. The molecule has 2 heterocycles. The molecule has 0 radical (unpaired) electrons. The lowest BCUT2D eigenvalue weighted by Crippen LogP contribution is -2.29. The zero-order valence-electron chi connectivity index (χ0n) is 19.9. The zero-order chi connectivity index (χ0) is 24.9. The van der Waals surface area contributed by atoms with Crippen molar-refractivity contribution < 1.29 is 24.2 Å². The van der Waals surface area contributed by atoms with Crippen molar-refractivity contribution in [2.24, 2.45) is 0 Å². The number of Topliss-reactive ketones (excluding diaryl/α,β-unsaturated/α-hetero) is 1. The van der Waals surface area contributed by atoms with Crippen LogP contribution in [0.15, 0.2) is 54.1 Å². The number of anilines is 1. The third-order valence-corrected chi connectivity index (χ3v) is 6.56. The number of methoxy groups -OCH3 is 1. The van der Waals surface area contributed by atoms with Gasteiger partial charge in [0.1, 0.15) is 22.3 Å². The summed E-state index contributed by atoms with van der Waals surface area (Å²) in [6.45, 7) is 4.47. The van der Waals surface area contributed by atoms with E-state index in [0.29, 0.717) is 34.2 Å². The van der Waals surface area contributed by atoms with Gasteiger partial charge < -0.3 is 14.6 Å².